The van der Waals surface area contributed by atoms with Crippen LogP contribution >= 0.6 is 11.6 Å². The van der Waals surface area contributed by atoms with E-state index >= 15 is 0 Å². The Morgan fingerprint density at radius 3 is 2.26 bits per heavy atom. The Labute approximate surface area is 119 Å². The highest BCUT2D eigenvalue weighted by Gasteiger charge is 2.15. The van der Waals surface area contributed by atoms with Crippen LogP contribution < -0.4 is 10.6 Å². The highest BCUT2D eigenvalue weighted by molar-refractivity contribution is 6.31. The molecule has 2 atom stereocenters. The first-order valence-corrected chi connectivity index (χ1v) is 6.90. The van der Waals surface area contributed by atoms with Crippen LogP contribution in [0.5, 0.6) is 0 Å². The number of aromatic nitrogens is 2. The van der Waals surface area contributed by atoms with E-state index in [9.17, 15) is 0 Å². The van der Waals surface area contributed by atoms with E-state index in [0.717, 1.165) is 12.8 Å². The lowest BCUT2D eigenvalue weighted by molar-refractivity contribution is 0.745. The molecule has 0 fully saturated rings. The molecule has 1 rings (SSSR count). The van der Waals surface area contributed by atoms with Gasteiger partial charge in [-0.1, -0.05) is 25.4 Å². The summed E-state index contributed by atoms with van der Waals surface area (Å²) in [6.45, 7) is 8.20. The number of hydrogen-bond acceptors (Lipinski definition) is 5. The number of anilines is 2. The Morgan fingerprint density at radius 1 is 1.16 bits per heavy atom. The molecule has 0 aromatic carbocycles. The summed E-state index contributed by atoms with van der Waals surface area (Å²) in [5, 5.41) is 15.6. The molecule has 0 aliphatic heterocycles. The predicted octanol–water partition coefficient (Wildman–Crippen LogP) is 3.42. The smallest absolute Gasteiger partial charge is 0.226 e. The van der Waals surface area contributed by atoms with Crippen molar-refractivity contribution in [3.8, 4) is 6.07 Å². The van der Waals surface area contributed by atoms with Crippen molar-refractivity contribution in [2.45, 2.75) is 52.6 Å². The van der Waals surface area contributed by atoms with Gasteiger partial charge in [-0.3, -0.25) is 0 Å². The van der Waals surface area contributed by atoms with Gasteiger partial charge in [-0.05, 0) is 26.7 Å². The van der Waals surface area contributed by atoms with Crippen molar-refractivity contribution < 1.29 is 0 Å². The minimum Gasteiger partial charge on any atom is -0.366 e. The topological polar surface area (TPSA) is 73.6 Å². The molecule has 5 nitrogen and oxygen atoms in total. The normalized spacial score (nSPS) is 13.5. The molecule has 104 valence electrons. The highest BCUT2D eigenvalue weighted by Crippen LogP contribution is 2.23. The number of nitriles is 1. The molecule has 0 saturated heterocycles. The van der Waals surface area contributed by atoms with Gasteiger partial charge >= 0.3 is 0 Å². The zero-order valence-corrected chi connectivity index (χ0v) is 12.5. The average Bonchev–Trinajstić information content (AvgIpc) is 2.38. The van der Waals surface area contributed by atoms with E-state index in [1.165, 1.54) is 0 Å². The van der Waals surface area contributed by atoms with E-state index in [1.54, 1.807) is 0 Å². The SMILES string of the molecule is CCC(C)Nc1nc(Cl)c(C#N)c(NC(C)CC)n1. The third-order valence-electron chi connectivity index (χ3n) is 2.96. The van der Waals surface area contributed by atoms with Gasteiger partial charge in [0.2, 0.25) is 5.95 Å². The lowest BCUT2D eigenvalue weighted by atomic mass is 10.2. The number of nitrogens with one attached hydrogen (secondary N) is 2. The lowest BCUT2D eigenvalue weighted by Crippen LogP contribution is -2.19. The van der Waals surface area contributed by atoms with Gasteiger partial charge in [0.15, 0.2) is 11.0 Å². The summed E-state index contributed by atoms with van der Waals surface area (Å²) in [6.07, 6.45) is 1.88. The van der Waals surface area contributed by atoms with Crippen molar-refractivity contribution in [1.82, 2.24) is 9.97 Å². The van der Waals surface area contributed by atoms with Crippen molar-refractivity contribution in [2.24, 2.45) is 0 Å². The Hall–Kier alpha value is -1.54. The molecule has 6 heteroatoms. The summed E-state index contributed by atoms with van der Waals surface area (Å²) < 4.78 is 0. The number of rotatable bonds is 6. The minimum atomic E-state index is 0.175. The lowest BCUT2D eigenvalue weighted by Gasteiger charge is -2.16. The fourth-order valence-corrected chi connectivity index (χ4v) is 1.57. The molecule has 0 spiro atoms. The number of hydrogen-bond donors (Lipinski definition) is 2. The van der Waals surface area contributed by atoms with E-state index in [1.807, 2.05) is 19.9 Å². The van der Waals surface area contributed by atoms with Gasteiger partial charge in [0.1, 0.15) is 11.6 Å². The monoisotopic (exact) mass is 281 g/mol. The van der Waals surface area contributed by atoms with Crippen molar-refractivity contribution in [1.29, 1.82) is 5.26 Å². The van der Waals surface area contributed by atoms with Crippen LogP contribution in [0.4, 0.5) is 11.8 Å². The van der Waals surface area contributed by atoms with E-state index in [4.69, 9.17) is 16.9 Å². The quantitative estimate of drug-likeness (QED) is 0.782. The molecule has 1 aromatic rings. The fraction of sp³-hybridized carbons (Fsp3) is 0.615. The molecule has 2 N–H and O–H groups in total. The van der Waals surface area contributed by atoms with E-state index in [-0.39, 0.29) is 22.8 Å². The van der Waals surface area contributed by atoms with Crippen LogP contribution in [0.25, 0.3) is 0 Å². The van der Waals surface area contributed by atoms with Gasteiger partial charge in [-0.25, -0.2) is 0 Å². The maximum absolute atomic E-state index is 9.13. The van der Waals surface area contributed by atoms with Gasteiger partial charge in [-0.2, -0.15) is 15.2 Å². The molecular formula is C13H20ClN5. The second kappa shape index (κ2) is 7.15. The molecule has 0 radical (unpaired) electrons. The number of halogens is 1. The largest absolute Gasteiger partial charge is 0.366 e. The first-order chi connectivity index (χ1) is 9.01. The van der Waals surface area contributed by atoms with Gasteiger partial charge in [-0.15, -0.1) is 0 Å². The van der Waals surface area contributed by atoms with Crippen molar-refractivity contribution >= 4 is 23.4 Å². The molecule has 0 saturated carbocycles. The van der Waals surface area contributed by atoms with Gasteiger partial charge in [0.05, 0.1) is 0 Å². The molecular weight excluding hydrogens is 262 g/mol. The Kier molecular flexibility index (Phi) is 5.84. The van der Waals surface area contributed by atoms with E-state index in [2.05, 4.69) is 34.4 Å². The maximum atomic E-state index is 9.13. The Bertz CT molecular complexity index is 469. The van der Waals surface area contributed by atoms with Crippen LogP contribution in [0.2, 0.25) is 5.15 Å². The predicted molar refractivity (Wildman–Crippen MR) is 78.5 cm³/mol. The van der Waals surface area contributed by atoms with E-state index < -0.39 is 0 Å². The summed E-state index contributed by atoms with van der Waals surface area (Å²) in [7, 11) is 0. The third kappa shape index (κ3) is 4.25. The van der Waals surface area contributed by atoms with Crippen LogP contribution in [0.3, 0.4) is 0 Å². The van der Waals surface area contributed by atoms with Gasteiger partial charge in [0.25, 0.3) is 0 Å². The van der Waals surface area contributed by atoms with Crippen molar-refractivity contribution in [3.63, 3.8) is 0 Å². The first kappa shape index (κ1) is 15.5. The molecule has 1 heterocycles. The molecule has 1 aromatic heterocycles. The first-order valence-electron chi connectivity index (χ1n) is 6.52. The van der Waals surface area contributed by atoms with Crippen LogP contribution in [-0.4, -0.2) is 22.1 Å². The van der Waals surface area contributed by atoms with Crippen molar-refractivity contribution in [2.75, 3.05) is 10.6 Å². The van der Waals surface area contributed by atoms with Crippen LogP contribution in [-0.2, 0) is 0 Å². The molecule has 19 heavy (non-hydrogen) atoms. The van der Waals surface area contributed by atoms with Gasteiger partial charge in [0, 0.05) is 12.1 Å². The standard InChI is InChI=1S/C13H20ClN5/c1-5-8(3)16-12-10(7-15)11(14)18-13(19-12)17-9(4)6-2/h8-9H,5-6H2,1-4H3,(H2,16,17,18,19). The van der Waals surface area contributed by atoms with Crippen LogP contribution in [0.15, 0.2) is 0 Å². The maximum Gasteiger partial charge on any atom is 0.226 e. The Balaban J connectivity index is 3.08. The number of nitrogens with zero attached hydrogens (tertiary/aromatic N) is 3. The minimum absolute atomic E-state index is 0.175. The average molecular weight is 282 g/mol. The Morgan fingerprint density at radius 2 is 1.74 bits per heavy atom. The summed E-state index contributed by atoms with van der Waals surface area (Å²) in [6, 6.07) is 2.51. The van der Waals surface area contributed by atoms with Crippen molar-refractivity contribution in [3.05, 3.63) is 10.7 Å². The molecule has 0 amide bonds. The van der Waals surface area contributed by atoms with E-state index in [0.29, 0.717) is 11.8 Å². The summed E-state index contributed by atoms with van der Waals surface area (Å²) in [4.78, 5) is 8.45. The van der Waals surface area contributed by atoms with Crippen LogP contribution in [0.1, 0.15) is 46.1 Å². The molecule has 2 unspecified atom stereocenters. The third-order valence-corrected chi connectivity index (χ3v) is 3.23. The molecule has 0 aliphatic rings. The highest BCUT2D eigenvalue weighted by atomic mass is 35.5. The summed E-state index contributed by atoms with van der Waals surface area (Å²) in [5.74, 6) is 0.937. The molecule has 0 aliphatic carbocycles. The zero-order chi connectivity index (χ0) is 14.4. The fourth-order valence-electron chi connectivity index (χ4n) is 1.36. The summed E-state index contributed by atoms with van der Waals surface area (Å²) in [5.41, 5.74) is 0.289. The summed E-state index contributed by atoms with van der Waals surface area (Å²) >= 11 is 6.03. The zero-order valence-electron chi connectivity index (χ0n) is 11.8. The second-order valence-electron chi connectivity index (χ2n) is 4.58. The molecule has 0 bridgehead atoms. The van der Waals surface area contributed by atoms with Gasteiger partial charge < -0.3 is 10.6 Å². The van der Waals surface area contributed by atoms with Crippen LogP contribution in [0, 0.1) is 11.3 Å². The second-order valence-corrected chi connectivity index (χ2v) is 4.94.